The van der Waals surface area contributed by atoms with Crippen molar-refractivity contribution in [1.29, 1.82) is 0 Å². The Morgan fingerprint density at radius 2 is 2.05 bits per heavy atom. The van der Waals surface area contributed by atoms with E-state index in [0.29, 0.717) is 5.70 Å². The fraction of sp³-hybridized carbons (Fsp3) is 0.286. The highest BCUT2D eigenvalue weighted by Crippen LogP contribution is 2.34. The first-order valence-electron chi connectivity index (χ1n) is 6.45. The fourth-order valence-corrected chi connectivity index (χ4v) is 2.34. The molecule has 0 radical (unpaired) electrons. The van der Waals surface area contributed by atoms with E-state index in [0.717, 1.165) is 0 Å². The number of methoxy groups -OCH3 is 1. The highest BCUT2D eigenvalue weighted by Gasteiger charge is 2.37. The highest BCUT2D eigenvalue weighted by molar-refractivity contribution is 5.95. The van der Waals surface area contributed by atoms with Gasteiger partial charge < -0.3 is 15.0 Å². The van der Waals surface area contributed by atoms with Gasteiger partial charge in [-0.15, -0.1) is 0 Å². The topological polar surface area (TPSA) is 102 Å². The van der Waals surface area contributed by atoms with E-state index in [1.165, 1.54) is 37.3 Å². The predicted octanol–water partition coefficient (Wildman–Crippen LogP) is 1.74. The first-order valence-corrected chi connectivity index (χ1v) is 6.45. The summed E-state index contributed by atoms with van der Waals surface area (Å²) in [5.74, 6) is -0.646. The number of carbonyl (C=O) groups is 2. The van der Waals surface area contributed by atoms with Crippen LogP contribution in [-0.4, -0.2) is 36.0 Å². The summed E-state index contributed by atoms with van der Waals surface area (Å²) in [6.07, 6.45) is 0. The second-order valence-electron chi connectivity index (χ2n) is 4.75. The number of nitro groups is 1. The van der Waals surface area contributed by atoms with Gasteiger partial charge in [0.25, 0.3) is 5.69 Å². The van der Waals surface area contributed by atoms with E-state index >= 15 is 0 Å². The fourth-order valence-electron chi connectivity index (χ4n) is 2.34. The third-order valence-corrected chi connectivity index (χ3v) is 3.60. The first-order chi connectivity index (χ1) is 10.4. The maximum Gasteiger partial charge on any atom is 0.337 e. The first kappa shape index (κ1) is 15.5. The van der Waals surface area contributed by atoms with Gasteiger partial charge in [-0.1, -0.05) is 12.1 Å². The summed E-state index contributed by atoms with van der Waals surface area (Å²) in [6, 6.07) is 4.57. The molecule has 1 unspecified atom stereocenters. The Morgan fingerprint density at radius 3 is 2.64 bits per heavy atom. The lowest BCUT2D eigenvalue weighted by atomic mass is 9.94. The summed E-state index contributed by atoms with van der Waals surface area (Å²) in [5, 5.41) is 13.8. The molecule has 1 aromatic rings. The molecule has 1 N–H and O–H groups in total. The van der Waals surface area contributed by atoms with Crippen LogP contribution in [0.3, 0.4) is 0 Å². The number of allylic oxidation sites excluding steroid dienone is 1. The van der Waals surface area contributed by atoms with Gasteiger partial charge in [-0.25, -0.2) is 9.59 Å². The van der Waals surface area contributed by atoms with Crippen LogP contribution in [0, 0.1) is 10.1 Å². The molecule has 1 atom stereocenters. The van der Waals surface area contributed by atoms with Gasteiger partial charge in [0, 0.05) is 18.8 Å². The number of benzene rings is 1. The molecule has 8 nitrogen and oxygen atoms in total. The van der Waals surface area contributed by atoms with Gasteiger partial charge in [-0.2, -0.15) is 0 Å². The largest absolute Gasteiger partial charge is 0.466 e. The monoisotopic (exact) mass is 305 g/mol. The Balaban J connectivity index is 2.65. The van der Waals surface area contributed by atoms with E-state index < -0.39 is 23.0 Å². The second-order valence-corrected chi connectivity index (χ2v) is 4.75. The van der Waals surface area contributed by atoms with Crippen molar-refractivity contribution < 1.29 is 19.2 Å². The van der Waals surface area contributed by atoms with Crippen LogP contribution in [-0.2, 0) is 9.53 Å². The molecule has 1 aromatic carbocycles. The number of carbonyl (C=O) groups excluding carboxylic acids is 2. The van der Waals surface area contributed by atoms with Crippen molar-refractivity contribution in [3.63, 3.8) is 0 Å². The van der Waals surface area contributed by atoms with Crippen LogP contribution in [0.1, 0.15) is 18.5 Å². The smallest absolute Gasteiger partial charge is 0.337 e. The van der Waals surface area contributed by atoms with E-state index in [1.54, 1.807) is 13.0 Å². The quantitative estimate of drug-likeness (QED) is 0.520. The predicted molar refractivity (Wildman–Crippen MR) is 76.8 cm³/mol. The number of nitro benzene ring substituents is 1. The number of para-hydroxylation sites is 1. The molecule has 116 valence electrons. The molecule has 2 rings (SSSR count). The number of urea groups is 1. The summed E-state index contributed by atoms with van der Waals surface area (Å²) in [4.78, 5) is 35.9. The van der Waals surface area contributed by atoms with Gasteiger partial charge in [0.1, 0.15) is 0 Å². The average molecular weight is 305 g/mol. The number of rotatable bonds is 3. The SMILES string of the molecule is COC(=O)C1=C(C)N(C)C(=O)NC1c1ccccc1[N+](=O)[O-]. The summed E-state index contributed by atoms with van der Waals surface area (Å²) < 4.78 is 4.75. The highest BCUT2D eigenvalue weighted by atomic mass is 16.6. The standard InChI is InChI=1S/C14H15N3O5/c1-8-11(13(18)22-3)12(15-14(19)16(8)2)9-6-4-5-7-10(9)17(20)21/h4-7,12H,1-3H3,(H,15,19). The molecular weight excluding hydrogens is 290 g/mol. The van der Waals surface area contributed by atoms with Crippen LogP contribution in [0.2, 0.25) is 0 Å². The van der Waals surface area contributed by atoms with Gasteiger partial charge in [0.2, 0.25) is 0 Å². The average Bonchev–Trinajstić information content (AvgIpc) is 2.51. The molecule has 0 aliphatic carbocycles. The van der Waals surface area contributed by atoms with Crippen LogP contribution < -0.4 is 5.32 Å². The van der Waals surface area contributed by atoms with Gasteiger partial charge in [-0.05, 0) is 13.0 Å². The molecule has 8 heteroatoms. The Bertz CT molecular complexity index is 683. The molecule has 0 saturated heterocycles. The van der Waals surface area contributed by atoms with Gasteiger partial charge in [0.05, 0.1) is 29.2 Å². The van der Waals surface area contributed by atoms with Crippen LogP contribution >= 0.6 is 0 Å². The molecular formula is C14H15N3O5. The number of amides is 2. The van der Waals surface area contributed by atoms with E-state index in [1.807, 2.05) is 0 Å². The number of nitrogens with one attached hydrogen (secondary N) is 1. The van der Waals surface area contributed by atoms with Gasteiger partial charge >= 0.3 is 12.0 Å². The third-order valence-electron chi connectivity index (χ3n) is 3.60. The van der Waals surface area contributed by atoms with Crippen LogP contribution in [0.25, 0.3) is 0 Å². The summed E-state index contributed by atoms with van der Waals surface area (Å²) in [5.41, 5.74) is 0.609. The Labute approximate surface area is 126 Å². The maximum absolute atomic E-state index is 12.1. The van der Waals surface area contributed by atoms with Crippen molar-refractivity contribution in [3.05, 3.63) is 51.2 Å². The third kappa shape index (κ3) is 2.50. The number of hydrogen-bond acceptors (Lipinski definition) is 5. The van der Waals surface area contributed by atoms with E-state index in [-0.39, 0.29) is 16.8 Å². The second kappa shape index (κ2) is 5.84. The zero-order valence-corrected chi connectivity index (χ0v) is 12.3. The van der Waals surface area contributed by atoms with Gasteiger partial charge in [0.15, 0.2) is 0 Å². The van der Waals surface area contributed by atoms with Crippen LogP contribution in [0.4, 0.5) is 10.5 Å². The van der Waals surface area contributed by atoms with Crippen LogP contribution in [0.15, 0.2) is 35.5 Å². The summed E-state index contributed by atoms with van der Waals surface area (Å²) >= 11 is 0. The van der Waals surface area contributed by atoms with Crippen LogP contribution in [0.5, 0.6) is 0 Å². The molecule has 0 aromatic heterocycles. The lowest BCUT2D eigenvalue weighted by Crippen LogP contribution is -2.46. The van der Waals surface area contributed by atoms with Crippen molar-refractivity contribution in [2.24, 2.45) is 0 Å². The van der Waals surface area contributed by atoms with E-state index in [4.69, 9.17) is 4.74 Å². The van der Waals surface area contributed by atoms with Crippen molar-refractivity contribution in [3.8, 4) is 0 Å². The minimum absolute atomic E-state index is 0.166. The Kier molecular flexibility index (Phi) is 4.11. The van der Waals surface area contributed by atoms with E-state index in [2.05, 4.69) is 5.32 Å². The van der Waals surface area contributed by atoms with Crippen molar-refractivity contribution in [2.45, 2.75) is 13.0 Å². The number of hydrogen-bond donors (Lipinski definition) is 1. The lowest BCUT2D eigenvalue weighted by molar-refractivity contribution is -0.385. The zero-order chi connectivity index (χ0) is 16.4. The molecule has 1 aliphatic rings. The molecule has 0 bridgehead atoms. The number of nitrogens with zero attached hydrogens (tertiary/aromatic N) is 2. The van der Waals surface area contributed by atoms with Gasteiger partial charge in [-0.3, -0.25) is 10.1 Å². The van der Waals surface area contributed by atoms with E-state index in [9.17, 15) is 19.7 Å². The Morgan fingerprint density at radius 1 is 1.41 bits per heavy atom. The summed E-state index contributed by atoms with van der Waals surface area (Å²) in [6.45, 7) is 1.59. The molecule has 22 heavy (non-hydrogen) atoms. The van der Waals surface area contributed by atoms with Crippen molar-refractivity contribution in [2.75, 3.05) is 14.2 Å². The lowest BCUT2D eigenvalue weighted by Gasteiger charge is -2.32. The van der Waals surface area contributed by atoms with Crippen molar-refractivity contribution in [1.82, 2.24) is 10.2 Å². The molecule has 1 heterocycles. The molecule has 0 spiro atoms. The minimum Gasteiger partial charge on any atom is -0.466 e. The number of esters is 1. The maximum atomic E-state index is 12.1. The summed E-state index contributed by atoms with van der Waals surface area (Å²) in [7, 11) is 2.72. The Hall–Kier alpha value is -2.90. The minimum atomic E-state index is -0.933. The normalized spacial score (nSPS) is 18.0. The van der Waals surface area contributed by atoms with Crippen molar-refractivity contribution >= 4 is 17.7 Å². The number of ether oxygens (including phenoxy) is 1. The molecule has 2 amide bonds. The molecule has 0 saturated carbocycles. The molecule has 1 aliphatic heterocycles. The zero-order valence-electron chi connectivity index (χ0n) is 12.3. The molecule has 0 fully saturated rings.